The van der Waals surface area contributed by atoms with Gasteiger partial charge in [0, 0.05) is 5.56 Å². The molecule has 0 radical (unpaired) electrons. The first-order chi connectivity index (χ1) is 8.19. The van der Waals surface area contributed by atoms with Gasteiger partial charge in [-0.05, 0) is 40.5 Å². The van der Waals surface area contributed by atoms with Crippen molar-refractivity contribution in [1.29, 1.82) is 0 Å². The number of ether oxygens (including phenoxy) is 1. The molecule has 1 rings (SSSR count). The van der Waals surface area contributed by atoms with E-state index in [1.54, 1.807) is 12.1 Å². The molecule has 0 spiro atoms. The van der Waals surface area contributed by atoms with Crippen molar-refractivity contribution in [3.05, 3.63) is 28.2 Å². The molecule has 0 unspecified atom stereocenters. The van der Waals surface area contributed by atoms with Gasteiger partial charge in [0.15, 0.2) is 5.84 Å². The highest BCUT2D eigenvalue weighted by molar-refractivity contribution is 9.10. The molecular formula is C12H17BrN2O2. The summed E-state index contributed by atoms with van der Waals surface area (Å²) in [5.41, 5.74) is 6.14. The van der Waals surface area contributed by atoms with Gasteiger partial charge < -0.3 is 15.7 Å². The Morgan fingerprint density at radius 2 is 2.24 bits per heavy atom. The predicted octanol–water partition coefficient (Wildman–Crippen LogP) is 3.11. The number of hydrogen-bond donors (Lipinski definition) is 2. The number of rotatable bonds is 6. The Kier molecular flexibility index (Phi) is 5.83. The van der Waals surface area contributed by atoms with Crippen LogP contribution >= 0.6 is 15.9 Å². The monoisotopic (exact) mass is 300 g/mol. The van der Waals surface area contributed by atoms with Crippen molar-refractivity contribution in [2.45, 2.75) is 26.2 Å². The minimum Gasteiger partial charge on any atom is -0.492 e. The quantitative estimate of drug-likeness (QED) is 0.279. The second kappa shape index (κ2) is 7.17. The van der Waals surface area contributed by atoms with Crippen LogP contribution in [0.15, 0.2) is 27.8 Å². The van der Waals surface area contributed by atoms with E-state index in [-0.39, 0.29) is 5.84 Å². The van der Waals surface area contributed by atoms with Crippen molar-refractivity contribution in [1.82, 2.24) is 0 Å². The average molecular weight is 301 g/mol. The maximum atomic E-state index is 8.57. The van der Waals surface area contributed by atoms with Crippen LogP contribution < -0.4 is 10.5 Å². The van der Waals surface area contributed by atoms with Gasteiger partial charge in [0.1, 0.15) is 5.75 Å². The third kappa shape index (κ3) is 4.26. The van der Waals surface area contributed by atoms with Crippen LogP contribution in [0.3, 0.4) is 0 Å². The van der Waals surface area contributed by atoms with Gasteiger partial charge in [-0.25, -0.2) is 0 Å². The Labute approximate surface area is 110 Å². The van der Waals surface area contributed by atoms with E-state index in [1.807, 2.05) is 6.07 Å². The van der Waals surface area contributed by atoms with E-state index in [0.717, 1.165) is 16.6 Å². The SMILES string of the molecule is CCCCCOc1ccc(/C(N)=N/O)cc1Br. The highest BCUT2D eigenvalue weighted by Gasteiger charge is 2.05. The molecule has 4 nitrogen and oxygen atoms in total. The Morgan fingerprint density at radius 3 is 2.82 bits per heavy atom. The summed E-state index contributed by atoms with van der Waals surface area (Å²) in [6.07, 6.45) is 3.39. The summed E-state index contributed by atoms with van der Waals surface area (Å²) in [6.45, 7) is 2.86. The highest BCUT2D eigenvalue weighted by Crippen LogP contribution is 2.26. The lowest BCUT2D eigenvalue weighted by molar-refractivity contribution is 0.304. The van der Waals surface area contributed by atoms with Crippen molar-refractivity contribution in [3.63, 3.8) is 0 Å². The Hall–Kier alpha value is -1.23. The van der Waals surface area contributed by atoms with Crippen molar-refractivity contribution < 1.29 is 9.94 Å². The highest BCUT2D eigenvalue weighted by atomic mass is 79.9. The molecule has 0 fully saturated rings. The van der Waals surface area contributed by atoms with E-state index in [4.69, 9.17) is 15.7 Å². The fourth-order valence-electron chi connectivity index (χ4n) is 1.37. The fraction of sp³-hybridized carbons (Fsp3) is 0.417. The van der Waals surface area contributed by atoms with Crippen molar-refractivity contribution >= 4 is 21.8 Å². The maximum absolute atomic E-state index is 8.57. The third-order valence-electron chi connectivity index (χ3n) is 2.34. The molecule has 0 saturated carbocycles. The molecular weight excluding hydrogens is 284 g/mol. The van der Waals surface area contributed by atoms with E-state index in [1.165, 1.54) is 12.8 Å². The third-order valence-corrected chi connectivity index (χ3v) is 2.96. The number of unbranched alkanes of at least 4 members (excludes halogenated alkanes) is 2. The van der Waals surface area contributed by atoms with Crippen LogP contribution in [-0.4, -0.2) is 17.6 Å². The second-order valence-corrected chi connectivity index (χ2v) is 4.54. The Morgan fingerprint density at radius 1 is 1.47 bits per heavy atom. The molecule has 0 aromatic heterocycles. The lowest BCUT2D eigenvalue weighted by Gasteiger charge is -2.09. The molecule has 3 N–H and O–H groups in total. The molecule has 5 heteroatoms. The largest absolute Gasteiger partial charge is 0.492 e. The number of nitrogens with two attached hydrogens (primary N) is 1. The maximum Gasteiger partial charge on any atom is 0.170 e. The molecule has 0 saturated heterocycles. The number of benzene rings is 1. The topological polar surface area (TPSA) is 67.8 Å². The van der Waals surface area contributed by atoms with E-state index >= 15 is 0 Å². The molecule has 0 aliphatic heterocycles. The zero-order valence-corrected chi connectivity index (χ0v) is 11.4. The lowest BCUT2D eigenvalue weighted by Crippen LogP contribution is -2.13. The molecule has 0 atom stereocenters. The molecule has 17 heavy (non-hydrogen) atoms. The summed E-state index contributed by atoms with van der Waals surface area (Å²) in [7, 11) is 0. The van der Waals surface area contributed by atoms with Crippen LogP contribution in [0.25, 0.3) is 0 Å². The Bertz CT molecular complexity index is 394. The molecule has 0 aliphatic rings. The zero-order valence-electron chi connectivity index (χ0n) is 9.82. The first kappa shape index (κ1) is 13.8. The molecule has 1 aromatic carbocycles. The average Bonchev–Trinajstić information content (AvgIpc) is 2.35. The van der Waals surface area contributed by atoms with Crippen LogP contribution in [0, 0.1) is 0 Å². The number of hydrogen-bond acceptors (Lipinski definition) is 3. The van der Waals surface area contributed by atoms with Crippen LogP contribution in [0.4, 0.5) is 0 Å². The summed E-state index contributed by atoms with van der Waals surface area (Å²) >= 11 is 3.40. The van der Waals surface area contributed by atoms with E-state index in [0.29, 0.717) is 12.2 Å². The summed E-state index contributed by atoms with van der Waals surface area (Å²) in [5, 5.41) is 11.5. The summed E-state index contributed by atoms with van der Waals surface area (Å²) in [6, 6.07) is 5.34. The number of amidine groups is 1. The second-order valence-electron chi connectivity index (χ2n) is 3.69. The smallest absolute Gasteiger partial charge is 0.170 e. The van der Waals surface area contributed by atoms with E-state index in [9.17, 15) is 0 Å². The van der Waals surface area contributed by atoms with E-state index in [2.05, 4.69) is 28.0 Å². The van der Waals surface area contributed by atoms with Gasteiger partial charge in [0.25, 0.3) is 0 Å². The molecule has 0 aliphatic carbocycles. The first-order valence-electron chi connectivity index (χ1n) is 5.59. The van der Waals surface area contributed by atoms with E-state index < -0.39 is 0 Å². The van der Waals surface area contributed by atoms with Gasteiger partial charge in [0.05, 0.1) is 11.1 Å². The minimum absolute atomic E-state index is 0.0863. The molecule has 94 valence electrons. The lowest BCUT2D eigenvalue weighted by atomic mass is 10.2. The van der Waals surface area contributed by atoms with Gasteiger partial charge in [-0.1, -0.05) is 24.9 Å². The van der Waals surface area contributed by atoms with Crippen LogP contribution in [-0.2, 0) is 0 Å². The van der Waals surface area contributed by atoms with Crippen LogP contribution in [0.5, 0.6) is 5.75 Å². The minimum atomic E-state index is 0.0863. The van der Waals surface area contributed by atoms with Crippen molar-refractivity contribution in [2.24, 2.45) is 10.9 Å². The Balaban J connectivity index is 2.63. The first-order valence-corrected chi connectivity index (χ1v) is 6.38. The summed E-state index contributed by atoms with van der Waals surface area (Å²) in [4.78, 5) is 0. The fourth-order valence-corrected chi connectivity index (χ4v) is 1.86. The number of halogens is 1. The predicted molar refractivity (Wildman–Crippen MR) is 71.7 cm³/mol. The van der Waals surface area contributed by atoms with Crippen molar-refractivity contribution in [2.75, 3.05) is 6.61 Å². The van der Waals surface area contributed by atoms with Crippen LogP contribution in [0.1, 0.15) is 31.7 Å². The van der Waals surface area contributed by atoms with Gasteiger partial charge in [0.2, 0.25) is 0 Å². The summed E-state index contributed by atoms with van der Waals surface area (Å²) in [5.74, 6) is 0.860. The van der Waals surface area contributed by atoms with Crippen molar-refractivity contribution in [3.8, 4) is 5.75 Å². The standard InChI is InChI=1S/C12H17BrN2O2/c1-2-3-4-7-17-11-6-5-9(8-10(11)13)12(14)15-16/h5-6,8,16H,2-4,7H2,1H3,(H2,14,15). The number of nitrogens with zero attached hydrogens (tertiary/aromatic N) is 1. The zero-order chi connectivity index (χ0) is 12.7. The van der Waals surface area contributed by atoms with Gasteiger partial charge >= 0.3 is 0 Å². The van der Waals surface area contributed by atoms with Gasteiger partial charge in [-0.15, -0.1) is 0 Å². The molecule has 0 bridgehead atoms. The molecule has 0 amide bonds. The van der Waals surface area contributed by atoms with Gasteiger partial charge in [-0.2, -0.15) is 0 Å². The summed E-state index contributed by atoms with van der Waals surface area (Å²) < 4.78 is 6.42. The number of oxime groups is 1. The van der Waals surface area contributed by atoms with Gasteiger partial charge in [-0.3, -0.25) is 0 Å². The molecule has 0 heterocycles. The normalized spacial score (nSPS) is 11.5. The molecule has 1 aromatic rings. The van der Waals surface area contributed by atoms with Crippen LogP contribution in [0.2, 0.25) is 0 Å².